The van der Waals surface area contributed by atoms with Crippen molar-refractivity contribution in [2.45, 2.75) is 42.1 Å². The molecular formula is C17H20N3O4S. The van der Waals surface area contributed by atoms with Crippen LogP contribution in [0, 0.1) is 7.11 Å². The Bertz CT molecular complexity index is 709. The normalized spacial score (nSPS) is 27.9. The lowest BCUT2D eigenvalue weighted by molar-refractivity contribution is -0.161. The highest BCUT2D eigenvalue weighted by Gasteiger charge is 2.64. The number of thioether (sulfide) groups is 1. The predicted octanol–water partition coefficient (Wildman–Crippen LogP) is 0.568. The average molecular weight is 362 g/mol. The lowest BCUT2D eigenvalue weighted by atomic mass is 9.95. The molecule has 25 heavy (non-hydrogen) atoms. The third kappa shape index (κ3) is 2.89. The molecule has 0 bridgehead atoms. The van der Waals surface area contributed by atoms with Crippen molar-refractivity contribution in [3.8, 4) is 0 Å². The summed E-state index contributed by atoms with van der Waals surface area (Å²) >= 11 is 1.45. The molecule has 2 aliphatic rings. The summed E-state index contributed by atoms with van der Waals surface area (Å²) in [6.45, 7) is 3.72. The highest BCUT2D eigenvalue weighted by Crippen LogP contribution is 2.51. The van der Waals surface area contributed by atoms with E-state index in [0.29, 0.717) is 5.56 Å². The number of nitrogens with zero attached hydrogens (tertiary/aromatic N) is 1. The van der Waals surface area contributed by atoms with Gasteiger partial charge in [-0.05, 0) is 19.4 Å². The Kier molecular flexibility index (Phi) is 4.51. The van der Waals surface area contributed by atoms with Gasteiger partial charge in [0.15, 0.2) is 0 Å². The van der Waals surface area contributed by atoms with Crippen LogP contribution in [0.1, 0.15) is 25.5 Å². The van der Waals surface area contributed by atoms with Crippen LogP contribution < -0.4 is 11.1 Å². The number of esters is 1. The molecule has 0 aromatic heterocycles. The molecule has 1 radical (unpaired) electrons. The van der Waals surface area contributed by atoms with Crippen LogP contribution in [-0.2, 0) is 19.1 Å². The van der Waals surface area contributed by atoms with Crippen LogP contribution in [0.4, 0.5) is 0 Å². The molecule has 7 nitrogen and oxygen atoms in total. The second-order valence-corrected chi connectivity index (χ2v) is 8.37. The predicted molar refractivity (Wildman–Crippen MR) is 92.8 cm³/mol. The Balaban J connectivity index is 1.71. The van der Waals surface area contributed by atoms with Crippen molar-refractivity contribution in [2.24, 2.45) is 5.73 Å². The van der Waals surface area contributed by atoms with Crippen LogP contribution in [0.25, 0.3) is 0 Å². The summed E-state index contributed by atoms with van der Waals surface area (Å²) in [5.41, 5.74) is 6.64. The van der Waals surface area contributed by atoms with Gasteiger partial charge >= 0.3 is 5.97 Å². The van der Waals surface area contributed by atoms with E-state index in [1.54, 1.807) is 24.3 Å². The van der Waals surface area contributed by atoms with E-state index < -0.39 is 34.7 Å². The van der Waals surface area contributed by atoms with Gasteiger partial charge in [-0.2, -0.15) is 0 Å². The fraction of sp³-hybridized carbons (Fsp3) is 0.412. The summed E-state index contributed by atoms with van der Waals surface area (Å²) in [6, 6.07) is 6.66. The molecular weight excluding hydrogens is 342 g/mol. The van der Waals surface area contributed by atoms with E-state index in [4.69, 9.17) is 5.73 Å². The SMILES string of the molecule is [CH2]OC(=O)[C@@H]1N2C(=O)C(NC(=O)C(N)c3ccccc3)[C@H]2SC1(C)C. The third-order valence-corrected chi connectivity index (χ3v) is 6.12. The number of benzene rings is 1. The van der Waals surface area contributed by atoms with Crippen LogP contribution in [-0.4, -0.2) is 44.9 Å². The Labute approximate surface area is 150 Å². The molecule has 4 atom stereocenters. The van der Waals surface area contributed by atoms with Gasteiger partial charge in [0, 0.05) is 4.75 Å². The summed E-state index contributed by atoms with van der Waals surface area (Å²) in [6.07, 6.45) is 0. The molecule has 2 unspecified atom stereocenters. The summed E-state index contributed by atoms with van der Waals surface area (Å²) in [5.74, 6) is -1.29. The monoisotopic (exact) mass is 362 g/mol. The zero-order valence-electron chi connectivity index (χ0n) is 14.0. The lowest BCUT2D eigenvalue weighted by Gasteiger charge is -2.44. The molecule has 1 aromatic carbocycles. The van der Waals surface area contributed by atoms with E-state index >= 15 is 0 Å². The summed E-state index contributed by atoms with van der Waals surface area (Å²) in [7, 11) is 3.15. The van der Waals surface area contributed by atoms with Crippen molar-refractivity contribution >= 4 is 29.5 Å². The van der Waals surface area contributed by atoms with E-state index in [-0.39, 0.29) is 11.3 Å². The molecule has 8 heteroatoms. The van der Waals surface area contributed by atoms with Gasteiger partial charge in [0.25, 0.3) is 0 Å². The van der Waals surface area contributed by atoms with Gasteiger partial charge in [-0.25, -0.2) is 4.79 Å². The first kappa shape index (κ1) is 17.8. The van der Waals surface area contributed by atoms with E-state index in [9.17, 15) is 14.4 Å². The number of β-lactam (4-membered cyclic amide) rings is 1. The number of hydrogen-bond acceptors (Lipinski definition) is 6. The van der Waals surface area contributed by atoms with Crippen LogP contribution in [0.15, 0.2) is 30.3 Å². The van der Waals surface area contributed by atoms with Crippen molar-refractivity contribution in [2.75, 3.05) is 0 Å². The van der Waals surface area contributed by atoms with Crippen LogP contribution >= 0.6 is 11.8 Å². The van der Waals surface area contributed by atoms with E-state index in [1.165, 1.54) is 16.7 Å². The van der Waals surface area contributed by atoms with E-state index in [2.05, 4.69) is 17.2 Å². The number of carbonyl (C=O) groups is 3. The van der Waals surface area contributed by atoms with Gasteiger partial charge in [0.05, 0.1) is 0 Å². The van der Waals surface area contributed by atoms with Crippen molar-refractivity contribution in [3.05, 3.63) is 43.0 Å². The molecule has 1 aromatic rings. The van der Waals surface area contributed by atoms with Crippen LogP contribution in [0.3, 0.4) is 0 Å². The Hall–Kier alpha value is -2.06. The van der Waals surface area contributed by atoms with Gasteiger partial charge in [-0.15, -0.1) is 11.8 Å². The highest BCUT2D eigenvalue weighted by molar-refractivity contribution is 8.01. The van der Waals surface area contributed by atoms with Crippen molar-refractivity contribution in [3.63, 3.8) is 0 Å². The first-order valence-electron chi connectivity index (χ1n) is 7.84. The van der Waals surface area contributed by atoms with Crippen LogP contribution in [0.2, 0.25) is 0 Å². The molecule has 2 aliphatic heterocycles. The van der Waals surface area contributed by atoms with E-state index in [1.807, 2.05) is 19.9 Å². The molecule has 2 amide bonds. The molecule has 3 rings (SSSR count). The number of amides is 2. The summed E-state index contributed by atoms with van der Waals surface area (Å²) in [4.78, 5) is 38.3. The van der Waals surface area contributed by atoms with Gasteiger partial charge in [-0.1, -0.05) is 30.3 Å². The number of hydrogen-bond donors (Lipinski definition) is 2. The van der Waals surface area contributed by atoms with Gasteiger partial charge in [-0.3, -0.25) is 9.59 Å². The smallest absolute Gasteiger partial charge is 0.330 e. The Morgan fingerprint density at radius 1 is 1.36 bits per heavy atom. The molecule has 133 valence electrons. The minimum atomic E-state index is -0.858. The maximum atomic E-state index is 12.5. The minimum Gasteiger partial charge on any atom is -0.460 e. The largest absolute Gasteiger partial charge is 0.460 e. The maximum absolute atomic E-state index is 12.5. The molecule has 2 heterocycles. The van der Waals surface area contributed by atoms with Crippen LogP contribution in [0.5, 0.6) is 0 Å². The summed E-state index contributed by atoms with van der Waals surface area (Å²) < 4.78 is 4.05. The fourth-order valence-electron chi connectivity index (χ4n) is 3.26. The van der Waals surface area contributed by atoms with Crippen molar-refractivity contribution in [1.29, 1.82) is 0 Å². The number of rotatable bonds is 4. The zero-order valence-corrected chi connectivity index (χ0v) is 14.8. The van der Waals surface area contributed by atoms with Crippen molar-refractivity contribution in [1.82, 2.24) is 10.2 Å². The first-order valence-corrected chi connectivity index (χ1v) is 8.72. The fourth-order valence-corrected chi connectivity index (χ4v) is 4.88. The Morgan fingerprint density at radius 2 is 2.00 bits per heavy atom. The first-order chi connectivity index (χ1) is 11.8. The molecule has 2 fully saturated rings. The number of carbonyl (C=O) groups excluding carboxylic acids is 3. The van der Waals surface area contributed by atoms with Gasteiger partial charge in [0.2, 0.25) is 11.8 Å². The quantitative estimate of drug-likeness (QED) is 0.600. The Morgan fingerprint density at radius 3 is 2.60 bits per heavy atom. The average Bonchev–Trinajstić information content (AvgIpc) is 2.86. The topological polar surface area (TPSA) is 102 Å². The van der Waals surface area contributed by atoms with Gasteiger partial charge < -0.3 is 20.7 Å². The number of ether oxygens (including phenoxy) is 1. The zero-order chi connectivity index (χ0) is 18.4. The van der Waals surface area contributed by atoms with Crippen molar-refractivity contribution < 1.29 is 19.1 Å². The maximum Gasteiger partial charge on any atom is 0.330 e. The number of fused-ring (bicyclic) bond motifs is 1. The molecule has 0 aliphatic carbocycles. The standard InChI is InChI=1S/C17H20N3O4S/c1-17(2)12(16(23)24-3)20-14(22)11(15(20)25-17)19-13(21)10(18)9-7-5-4-6-8-9/h4-8,10-12,15H,3,18H2,1-2H3,(H,19,21)/t10?,11?,12-,15+/m0/s1. The number of nitrogens with two attached hydrogens (primary N) is 1. The second-order valence-electron chi connectivity index (χ2n) is 6.60. The molecule has 3 N–H and O–H groups in total. The summed E-state index contributed by atoms with van der Waals surface area (Å²) in [5, 5.41) is 2.39. The van der Waals surface area contributed by atoms with E-state index in [0.717, 1.165) is 0 Å². The minimum absolute atomic E-state index is 0.313. The number of nitrogens with one attached hydrogen (secondary N) is 1. The molecule has 0 spiro atoms. The highest BCUT2D eigenvalue weighted by atomic mass is 32.2. The third-order valence-electron chi connectivity index (χ3n) is 4.55. The molecule has 0 saturated carbocycles. The molecule has 2 saturated heterocycles. The van der Waals surface area contributed by atoms with Gasteiger partial charge in [0.1, 0.15) is 30.6 Å². The second kappa shape index (κ2) is 6.34. The lowest BCUT2D eigenvalue weighted by Crippen LogP contribution is -2.71.